The standard InChI is InChI=1S/C9H13N3O/c1-7-3-10-6-11-8(7)12-4-9(2,13)5-12/h3,6,13H,4-5H2,1-2H3. The Kier molecular flexibility index (Phi) is 1.73. The summed E-state index contributed by atoms with van der Waals surface area (Å²) in [6.45, 7) is 5.12. The van der Waals surface area contributed by atoms with Gasteiger partial charge in [-0.15, -0.1) is 0 Å². The molecule has 0 unspecified atom stereocenters. The van der Waals surface area contributed by atoms with E-state index in [1.54, 1.807) is 6.20 Å². The number of β-amino-alcohol motifs (C(OH)–C–C–N with tert-alkyl or cyclic N) is 1. The van der Waals surface area contributed by atoms with E-state index >= 15 is 0 Å². The summed E-state index contributed by atoms with van der Waals surface area (Å²) in [4.78, 5) is 10.1. The second-order valence-electron chi connectivity index (χ2n) is 3.88. The average molecular weight is 179 g/mol. The SMILES string of the molecule is Cc1cncnc1N1CC(C)(O)C1. The highest BCUT2D eigenvalue weighted by Gasteiger charge is 2.37. The minimum absolute atomic E-state index is 0.544. The first-order chi connectivity index (χ1) is 6.08. The van der Waals surface area contributed by atoms with Crippen LogP contribution in [0.3, 0.4) is 0 Å². The molecule has 1 aliphatic heterocycles. The number of aryl methyl sites for hydroxylation is 1. The normalized spacial score (nSPS) is 19.8. The molecule has 70 valence electrons. The molecule has 1 aromatic rings. The van der Waals surface area contributed by atoms with Crippen LogP contribution in [0, 0.1) is 6.92 Å². The van der Waals surface area contributed by atoms with Crippen LogP contribution in [0.5, 0.6) is 0 Å². The highest BCUT2D eigenvalue weighted by molar-refractivity contribution is 5.48. The number of aromatic nitrogens is 2. The summed E-state index contributed by atoms with van der Waals surface area (Å²) in [7, 11) is 0. The van der Waals surface area contributed by atoms with Crippen molar-refractivity contribution in [2.45, 2.75) is 19.4 Å². The van der Waals surface area contributed by atoms with Crippen LogP contribution >= 0.6 is 0 Å². The third-order valence-corrected chi connectivity index (χ3v) is 2.23. The second kappa shape index (κ2) is 2.67. The van der Waals surface area contributed by atoms with Gasteiger partial charge in [-0.2, -0.15) is 0 Å². The highest BCUT2D eigenvalue weighted by atomic mass is 16.3. The molecule has 0 aromatic carbocycles. The number of rotatable bonds is 1. The molecule has 0 radical (unpaired) electrons. The molecule has 4 heteroatoms. The van der Waals surface area contributed by atoms with E-state index in [9.17, 15) is 5.11 Å². The zero-order chi connectivity index (χ0) is 9.47. The van der Waals surface area contributed by atoms with Crippen LogP contribution in [0.2, 0.25) is 0 Å². The molecule has 2 heterocycles. The molecular formula is C9H13N3O. The molecule has 0 saturated carbocycles. The van der Waals surface area contributed by atoms with Gasteiger partial charge in [-0.25, -0.2) is 9.97 Å². The first-order valence-electron chi connectivity index (χ1n) is 4.32. The maximum absolute atomic E-state index is 9.55. The summed E-state index contributed by atoms with van der Waals surface area (Å²) < 4.78 is 0. The third kappa shape index (κ3) is 1.49. The summed E-state index contributed by atoms with van der Waals surface area (Å²) in [6, 6.07) is 0. The van der Waals surface area contributed by atoms with Crippen LogP contribution < -0.4 is 4.90 Å². The zero-order valence-electron chi connectivity index (χ0n) is 7.86. The fraction of sp³-hybridized carbons (Fsp3) is 0.556. The van der Waals surface area contributed by atoms with Crippen molar-refractivity contribution >= 4 is 5.82 Å². The largest absolute Gasteiger partial charge is 0.386 e. The van der Waals surface area contributed by atoms with E-state index in [-0.39, 0.29) is 0 Å². The average Bonchev–Trinajstić information content (AvgIpc) is 2.01. The summed E-state index contributed by atoms with van der Waals surface area (Å²) in [5.74, 6) is 0.932. The molecule has 1 saturated heterocycles. The first kappa shape index (κ1) is 8.44. The topological polar surface area (TPSA) is 49.2 Å². The lowest BCUT2D eigenvalue weighted by molar-refractivity contribution is 0.0304. The lowest BCUT2D eigenvalue weighted by Crippen LogP contribution is -2.60. The van der Waals surface area contributed by atoms with E-state index in [2.05, 4.69) is 14.9 Å². The van der Waals surface area contributed by atoms with Crippen molar-refractivity contribution in [2.75, 3.05) is 18.0 Å². The van der Waals surface area contributed by atoms with Crippen molar-refractivity contribution in [3.05, 3.63) is 18.1 Å². The molecule has 0 spiro atoms. The Bertz CT molecular complexity index is 316. The Morgan fingerprint density at radius 3 is 2.77 bits per heavy atom. The Morgan fingerprint density at radius 2 is 2.23 bits per heavy atom. The predicted octanol–water partition coefficient (Wildman–Crippen LogP) is 0.356. The van der Waals surface area contributed by atoms with Gasteiger partial charge in [0.1, 0.15) is 12.1 Å². The third-order valence-electron chi connectivity index (χ3n) is 2.23. The van der Waals surface area contributed by atoms with E-state index in [1.807, 2.05) is 13.8 Å². The number of aliphatic hydroxyl groups is 1. The van der Waals surface area contributed by atoms with Crippen LogP contribution in [-0.4, -0.2) is 33.8 Å². The number of nitrogens with zero attached hydrogens (tertiary/aromatic N) is 3. The molecule has 13 heavy (non-hydrogen) atoms. The van der Waals surface area contributed by atoms with Gasteiger partial charge in [0.25, 0.3) is 0 Å². The predicted molar refractivity (Wildman–Crippen MR) is 49.6 cm³/mol. The minimum Gasteiger partial charge on any atom is -0.386 e. The van der Waals surface area contributed by atoms with Gasteiger partial charge in [-0.1, -0.05) is 0 Å². The van der Waals surface area contributed by atoms with Gasteiger partial charge in [-0.05, 0) is 13.8 Å². The van der Waals surface area contributed by atoms with Crippen molar-refractivity contribution in [2.24, 2.45) is 0 Å². The Morgan fingerprint density at radius 1 is 1.54 bits per heavy atom. The number of hydrogen-bond donors (Lipinski definition) is 1. The monoisotopic (exact) mass is 179 g/mol. The summed E-state index contributed by atoms with van der Waals surface area (Å²) in [5, 5.41) is 9.55. The van der Waals surface area contributed by atoms with Gasteiger partial charge in [0, 0.05) is 24.8 Å². The van der Waals surface area contributed by atoms with Crippen molar-refractivity contribution < 1.29 is 5.11 Å². The summed E-state index contributed by atoms with van der Waals surface area (Å²) in [6.07, 6.45) is 3.32. The molecule has 4 nitrogen and oxygen atoms in total. The molecule has 2 rings (SSSR count). The molecule has 1 N–H and O–H groups in total. The Hall–Kier alpha value is -1.16. The maximum atomic E-state index is 9.55. The summed E-state index contributed by atoms with van der Waals surface area (Å²) >= 11 is 0. The van der Waals surface area contributed by atoms with Gasteiger partial charge in [0.05, 0.1) is 5.60 Å². The lowest BCUT2D eigenvalue weighted by atomic mass is 9.97. The molecule has 1 aliphatic rings. The van der Waals surface area contributed by atoms with E-state index in [0.29, 0.717) is 13.1 Å². The Labute approximate surface area is 77.2 Å². The lowest BCUT2D eigenvalue weighted by Gasteiger charge is -2.45. The molecule has 0 amide bonds. The van der Waals surface area contributed by atoms with Crippen molar-refractivity contribution in [1.82, 2.24) is 9.97 Å². The second-order valence-corrected chi connectivity index (χ2v) is 3.88. The molecule has 1 aromatic heterocycles. The first-order valence-corrected chi connectivity index (χ1v) is 4.32. The van der Waals surface area contributed by atoms with Gasteiger partial charge in [0.15, 0.2) is 0 Å². The fourth-order valence-electron chi connectivity index (χ4n) is 1.65. The van der Waals surface area contributed by atoms with Crippen LogP contribution in [0.4, 0.5) is 5.82 Å². The van der Waals surface area contributed by atoms with Gasteiger partial charge in [0.2, 0.25) is 0 Å². The smallest absolute Gasteiger partial charge is 0.135 e. The molecule has 0 atom stereocenters. The van der Waals surface area contributed by atoms with E-state index < -0.39 is 5.60 Å². The van der Waals surface area contributed by atoms with Crippen LogP contribution in [-0.2, 0) is 0 Å². The van der Waals surface area contributed by atoms with Crippen molar-refractivity contribution in [3.8, 4) is 0 Å². The minimum atomic E-state index is -0.544. The van der Waals surface area contributed by atoms with Gasteiger partial charge >= 0.3 is 0 Å². The zero-order valence-corrected chi connectivity index (χ0v) is 7.86. The van der Waals surface area contributed by atoms with Crippen molar-refractivity contribution in [3.63, 3.8) is 0 Å². The molecule has 0 bridgehead atoms. The van der Waals surface area contributed by atoms with E-state index in [4.69, 9.17) is 0 Å². The van der Waals surface area contributed by atoms with Crippen LogP contribution in [0.1, 0.15) is 12.5 Å². The quantitative estimate of drug-likeness (QED) is 0.676. The van der Waals surface area contributed by atoms with Gasteiger partial charge in [-0.3, -0.25) is 0 Å². The van der Waals surface area contributed by atoms with Crippen LogP contribution in [0.25, 0.3) is 0 Å². The fourth-order valence-corrected chi connectivity index (χ4v) is 1.65. The van der Waals surface area contributed by atoms with E-state index in [1.165, 1.54) is 6.33 Å². The molecule has 1 fully saturated rings. The highest BCUT2D eigenvalue weighted by Crippen LogP contribution is 2.26. The Balaban J connectivity index is 2.16. The van der Waals surface area contributed by atoms with Crippen molar-refractivity contribution in [1.29, 1.82) is 0 Å². The van der Waals surface area contributed by atoms with E-state index in [0.717, 1.165) is 11.4 Å². The number of hydrogen-bond acceptors (Lipinski definition) is 4. The molecular weight excluding hydrogens is 166 g/mol. The maximum Gasteiger partial charge on any atom is 0.135 e. The molecule has 0 aliphatic carbocycles. The van der Waals surface area contributed by atoms with Crippen LogP contribution in [0.15, 0.2) is 12.5 Å². The summed E-state index contributed by atoms with van der Waals surface area (Å²) in [5.41, 5.74) is 0.509. The number of anilines is 1. The van der Waals surface area contributed by atoms with Gasteiger partial charge < -0.3 is 10.0 Å².